The Bertz CT molecular complexity index is 1280. The zero-order valence-electron chi connectivity index (χ0n) is 24.9. The van der Waals surface area contributed by atoms with Gasteiger partial charge in [-0.15, -0.1) is 0 Å². The Labute approximate surface area is 246 Å². The Morgan fingerprint density at radius 1 is 0.857 bits per heavy atom. The summed E-state index contributed by atoms with van der Waals surface area (Å²) in [4.78, 5) is 13.9. The van der Waals surface area contributed by atoms with E-state index in [0.29, 0.717) is 30.4 Å². The van der Waals surface area contributed by atoms with Crippen molar-refractivity contribution in [1.29, 1.82) is 0 Å². The molecule has 5 fully saturated rings. The van der Waals surface area contributed by atoms with E-state index in [-0.39, 0.29) is 18.7 Å². The van der Waals surface area contributed by atoms with Crippen molar-refractivity contribution in [3.05, 3.63) is 29.8 Å². The average Bonchev–Trinajstić information content (AvgIpc) is 3.72. The van der Waals surface area contributed by atoms with Gasteiger partial charge in [0.2, 0.25) is 11.9 Å². The number of rotatable bonds is 9. The molecule has 12 heteroatoms. The van der Waals surface area contributed by atoms with Crippen molar-refractivity contribution < 1.29 is 33.2 Å². The molecule has 2 N–H and O–H groups in total. The highest BCUT2D eigenvalue weighted by molar-refractivity contribution is 5.38. The van der Waals surface area contributed by atoms with Crippen LogP contribution in [0.3, 0.4) is 0 Å². The van der Waals surface area contributed by atoms with E-state index in [4.69, 9.17) is 38.1 Å². The molecule has 2 saturated carbocycles. The topological polar surface area (TPSA) is 127 Å². The van der Waals surface area contributed by atoms with Crippen LogP contribution in [0.5, 0.6) is 11.8 Å². The number of aromatic nitrogens is 3. The number of fused-ring (bicyclic) bond motifs is 5. The van der Waals surface area contributed by atoms with Gasteiger partial charge in [-0.1, -0.05) is 18.6 Å². The lowest BCUT2D eigenvalue weighted by atomic mass is 9.95. The van der Waals surface area contributed by atoms with Crippen molar-refractivity contribution in [3.63, 3.8) is 0 Å². The molecule has 228 valence electrons. The number of hydrogen-bond donors (Lipinski definition) is 2. The molecular formula is C30H41N5O7. The second-order valence-electron chi connectivity index (χ2n) is 12.9. The van der Waals surface area contributed by atoms with Gasteiger partial charge in [-0.25, -0.2) is 0 Å². The first kappa shape index (κ1) is 28.0. The molecule has 7 rings (SSSR count). The summed E-state index contributed by atoms with van der Waals surface area (Å²) in [5.74, 6) is 1.63. The standard InChI is InChI=1S/C30H41N5O7/c1-29(2)39-22-21(38-25-24(23(22)40-29)41-30(3,4)42-25)15-37-28-34-26(31-14-16-7-10-19(36-5)11-8-16)33-27(35-28)32-20-13-17-6-9-18(20)12-17/h7-8,10-11,17-18,20-25H,6,9,12-15H2,1-5H3,(H2,31,32,33,34,35)/t17-,18+,20+,21-,22+,23+,24-,25-/m1/s1. The van der Waals surface area contributed by atoms with E-state index in [1.165, 1.54) is 19.3 Å². The van der Waals surface area contributed by atoms with Gasteiger partial charge in [-0.05, 0) is 76.5 Å². The van der Waals surface area contributed by atoms with Gasteiger partial charge in [0, 0.05) is 12.6 Å². The first-order chi connectivity index (χ1) is 20.1. The molecule has 42 heavy (non-hydrogen) atoms. The maximum absolute atomic E-state index is 6.31. The van der Waals surface area contributed by atoms with Crippen LogP contribution in [0, 0.1) is 11.8 Å². The van der Waals surface area contributed by atoms with E-state index in [1.54, 1.807) is 7.11 Å². The third-order valence-electron chi connectivity index (χ3n) is 8.90. The van der Waals surface area contributed by atoms with Gasteiger partial charge >= 0.3 is 6.01 Å². The Balaban J connectivity index is 1.08. The third-order valence-corrected chi connectivity index (χ3v) is 8.90. The van der Waals surface area contributed by atoms with Gasteiger partial charge in [-0.3, -0.25) is 0 Å². The Hall–Kier alpha value is -2.77. The molecule has 0 spiro atoms. The van der Waals surface area contributed by atoms with E-state index in [1.807, 2.05) is 52.0 Å². The molecule has 12 nitrogen and oxygen atoms in total. The lowest BCUT2D eigenvalue weighted by Gasteiger charge is -2.36. The molecule has 1 aromatic carbocycles. The van der Waals surface area contributed by atoms with Crippen LogP contribution < -0.4 is 20.1 Å². The minimum absolute atomic E-state index is 0.142. The fourth-order valence-electron chi connectivity index (χ4n) is 7.06. The normalized spacial score (nSPS) is 35.5. The first-order valence-corrected chi connectivity index (χ1v) is 15.0. The van der Waals surface area contributed by atoms with Crippen LogP contribution in [0.25, 0.3) is 0 Å². The van der Waals surface area contributed by atoms with Crippen LogP contribution in [0.4, 0.5) is 11.9 Å². The van der Waals surface area contributed by atoms with E-state index < -0.39 is 36.2 Å². The number of benzene rings is 1. The van der Waals surface area contributed by atoms with Crippen LogP contribution in [0.15, 0.2) is 24.3 Å². The summed E-state index contributed by atoms with van der Waals surface area (Å²) in [7, 11) is 1.66. The number of anilines is 2. The predicted octanol–water partition coefficient (Wildman–Crippen LogP) is 3.87. The van der Waals surface area contributed by atoms with Gasteiger partial charge in [0.25, 0.3) is 0 Å². The van der Waals surface area contributed by atoms with Crippen LogP contribution >= 0.6 is 0 Å². The number of nitrogens with one attached hydrogen (secondary N) is 2. The van der Waals surface area contributed by atoms with Gasteiger partial charge in [0.1, 0.15) is 36.8 Å². The summed E-state index contributed by atoms with van der Waals surface area (Å²) >= 11 is 0. The van der Waals surface area contributed by atoms with E-state index in [9.17, 15) is 0 Å². The molecule has 3 saturated heterocycles. The van der Waals surface area contributed by atoms with E-state index >= 15 is 0 Å². The highest BCUT2D eigenvalue weighted by Crippen LogP contribution is 2.46. The Morgan fingerprint density at radius 2 is 1.60 bits per heavy atom. The summed E-state index contributed by atoms with van der Waals surface area (Å²) in [5, 5.41) is 6.91. The first-order valence-electron chi connectivity index (χ1n) is 15.0. The molecule has 2 aromatic rings. The monoisotopic (exact) mass is 583 g/mol. The van der Waals surface area contributed by atoms with Gasteiger partial charge in [0.05, 0.1) is 7.11 Å². The highest BCUT2D eigenvalue weighted by Gasteiger charge is 2.60. The molecule has 2 aliphatic carbocycles. The predicted molar refractivity (Wildman–Crippen MR) is 151 cm³/mol. The largest absolute Gasteiger partial charge is 0.497 e. The molecule has 2 bridgehead atoms. The third kappa shape index (κ3) is 5.74. The lowest BCUT2D eigenvalue weighted by molar-refractivity contribution is -0.238. The Morgan fingerprint density at radius 3 is 2.33 bits per heavy atom. The minimum Gasteiger partial charge on any atom is -0.497 e. The Kier molecular flexibility index (Phi) is 7.17. The molecule has 0 radical (unpaired) electrons. The maximum Gasteiger partial charge on any atom is 0.323 e. The highest BCUT2D eigenvalue weighted by atomic mass is 16.9. The smallest absolute Gasteiger partial charge is 0.323 e. The van der Waals surface area contributed by atoms with Crippen molar-refractivity contribution in [1.82, 2.24) is 15.0 Å². The second kappa shape index (κ2) is 10.7. The average molecular weight is 584 g/mol. The maximum atomic E-state index is 6.31. The fourth-order valence-corrected chi connectivity index (χ4v) is 7.06. The van der Waals surface area contributed by atoms with Gasteiger partial charge < -0.3 is 43.8 Å². The van der Waals surface area contributed by atoms with Crippen molar-refractivity contribution in [2.75, 3.05) is 24.4 Å². The number of hydrogen-bond acceptors (Lipinski definition) is 12. The second-order valence-corrected chi connectivity index (χ2v) is 12.9. The quantitative estimate of drug-likeness (QED) is 0.445. The minimum atomic E-state index is -0.787. The summed E-state index contributed by atoms with van der Waals surface area (Å²) in [5.41, 5.74) is 1.07. The molecule has 3 aliphatic heterocycles. The van der Waals surface area contributed by atoms with E-state index in [2.05, 4.69) is 20.6 Å². The number of ether oxygens (including phenoxy) is 7. The molecule has 4 heterocycles. The summed E-state index contributed by atoms with van der Waals surface area (Å²) in [6.45, 7) is 8.19. The summed E-state index contributed by atoms with van der Waals surface area (Å²) in [6.07, 6.45) is 2.77. The number of nitrogens with zero attached hydrogens (tertiary/aromatic N) is 3. The van der Waals surface area contributed by atoms with Crippen molar-refractivity contribution in [3.8, 4) is 11.8 Å². The molecule has 5 aliphatic rings. The van der Waals surface area contributed by atoms with Crippen molar-refractivity contribution in [2.45, 2.75) is 108 Å². The molecule has 0 amide bonds. The van der Waals surface area contributed by atoms with Crippen molar-refractivity contribution >= 4 is 11.9 Å². The fraction of sp³-hybridized carbons (Fsp3) is 0.700. The zero-order valence-corrected chi connectivity index (χ0v) is 24.9. The van der Waals surface area contributed by atoms with E-state index in [0.717, 1.165) is 23.7 Å². The van der Waals surface area contributed by atoms with Crippen LogP contribution in [0.2, 0.25) is 0 Å². The lowest BCUT2D eigenvalue weighted by Crippen LogP contribution is -2.56. The zero-order chi connectivity index (χ0) is 29.1. The summed E-state index contributed by atoms with van der Waals surface area (Å²) in [6, 6.07) is 8.44. The van der Waals surface area contributed by atoms with Crippen molar-refractivity contribution in [2.24, 2.45) is 11.8 Å². The van der Waals surface area contributed by atoms with Gasteiger partial charge in [0.15, 0.2) is 17.9 Å². The molecule has 8 atom stereocenters. The van der Waals surface area contributed by atoms with Crippen LogP contribution in [0.1, 0.15) is 58.9 Å². The number of methoxy groups -OCH3 is 1. The molecular weight excluding hydrogens is 542 g/mol. The van der Waals surface area contributed by atoms with Crippen LogP contribution in [-0.2, 0) is 30.2 Å². The molecule has 1 aromatic heterocycles. The van der Waals surface area contributed by atoms with Crippen LogP contribution in [-0.4, -0.2) is 77.0 Å². The SMILES string of the molecule is COc1ccc(CNc2nc(N[C@H]3C[C@@H]4CC[C@H]3C4)nc(OC[C@H]3O[C@@H]4OC(C)(C)O[C@@H]4[C@H]4OC(C)(C)O[C@H]43)n2)cc1. The summed E-state index contributed by atoms with van der Waals surface area (Å²) < 4.78 is 42.4. The van der Waals surface area contributed by atoms with Gasteiger partial charge in [-0.2, -0.15) is 15.0 Å². The molecule has 0 unspecified atom stereocenters.